The lowest BCUT2D eigenvalue weighted by Crippen LogP contribution is -2.32. The van der Waals surface area contributed by atoms with Crippen molar-refractivity contribution in [1.29, 1.82) is 0 Å². The predicted octanol–water partition coefficient (Wildman–Crippen LogP) is 2.17. The number of carbonyl (C=O) groups excluding carboxylic acids is 2. The van der Waals surface area contributed by atoms with Crippen LogP contribution in [0.4, 0.5) is 4.39 Å². The first kappa shape index (κ1) is 15.5. The van der Waals surface area contributed by atoms with E-state index < -0.39 is 17.7 Å². The summed E-state index contributed by atoms with van der Waals surface area (Å²) >= 11 is 0. The number of carbonyl (C=O) groups is 2. The van der Waals surface area contributed by atoms with Crippen LogP contribution in [0.25, 0.3) is 0 Å². The maximum atomic E-state index is 13.0. The molecule has 0 bridgehead atoms. The van der Waals surface area contributed by atoms with Crippen LogP contribution in [-0.4, -0.2) is 25.5 Å². The number of hydrogen-bond donors (Lipinski definition) is 1. The lowest BCUT2D eigenvalue weighted by atomic mass is 10.2. The van der Waals surface area contributed by atoms with Crippen LogP contribution >= 0.6 is 0 Å². The summed E-state index contributed by atoms with van der Waals surface area (Å²) in [5.74, 6) is -1.07. The second-order valence-electron chi connectivity index (χ2n) is 4.32. The normalized spacial score (nSPS) is 9.91. The molecule has 1 amide bonds. The number of methoxy groups -OCH3 is 1. The molecule has 0 saturated heterocycles. The Labute approximate surface area is 126 Å². The molecule has 2 aromatic rings. The maximum absolute atomic E-state index is 13.0. The Bertz CT molecular complexity index is 687. The summed E-state index contributed by atoms with van der Waals surface area (Å²) in [7, 11) is 1.46. The Balaban J connectivity index is 1.91. The van der Waals surface area contributed by atoms with Crippen LogP contribution in [0.1, 0.15) is 10.4 Å². The van der Waals surface area contributed by atoms with Gasteiger partial charge in [-0.05, 0) is 30.3 Å². The van der Waals surface area contributed by atoms with Gasteiger partial charge in [0.2, 0.25) is 0 Å². The fraction of sp³-hybridized carbons (Fsp3) is 0.125. The molecule has 0 saturated carbocycles. The van der Waals surface area contributed by atoms with E-state index in [4.69, 9.17) is 9.47 Å². The quantitative estimate of drug-likeness (QED) is 0.679. The summed E-state index contributed by atoms with van der Waals surface area (Å²) in [6.07, 6.45) is 0. The number of esters is 1. The Morgan fingerprint density at radius 3 is 2.50 bits per heavy atom. The molecule has 0 spiro atoms. The van der Waals surface area contributed by atoms with E-state index in [1.165, 1.54) is 25.3 Å². The number of hydrogen-bond acceptors (Lipinski definition) is 4. The van der Waals surface area contributed by atoms with Gasteiger partial charge in [0.15, 0.2) is 11.5 Å². The minimum Gasteiger partial charge on any atom is -0.493 e. The van der Waals surface area contributed by atoms with Gasteiger partial charge in [0.25, 0.3) is 5.91 Å². The molecule has 0 aromatic heterocycles. The number of nitrogens with one attached hydrogen (secondary N) is 1. The first-order chi connectivity index (χ1) is 10.6. The van der Waals surface area contributed by atoms with Gasteiger partial charge in [0, 0.05) is 5.56 Å². The molecule has 0 fully saturated rings. The topological polar surface area (TPSA) is 64.6 Å². The van der Waals surface area contributed by atoms with Gasteiger partial charge in [-0.2, -0.15) is 0 Å². The zero-order chi connectivity index (χ0) is 15.9. The van der Waals surface area contributed by atoms with Crippen molar-refractivity contribution in [2.24, 2.45) is 0 Å². The Kier molecular flexibility index (Phi) is 5.08. The molecule has 0 atom stereocenters. The van der Waals surface area contributed by atoms with E-state index in [2.05, 4.69) is 5.32 Å². The molecule has 6 heteroatoms. The van der Waals surface area contributed by atoms with Crippen LogP contribution in [-0.2, 0) is 4.79 Å². The third-order valence-corrected chi connectivity index (χ3v) is 2.77. The van der Waals surface area contributed by atoms with Crippen molar-refractivity contribution in [3.05, 3.63) is 59.9 Å². The highest BCUT2D eigenvalue weighted by Crippen LogP contribution is 2.25. The molecule has 1 N–H and O–H groups in total. The molecule has 114 valence electrons. The molecule has 2 aromatic carbocycles. The molecule has 0 unspecified atom stereocenters. The zero-order valence-electron chi connectivity index (χ0n) is 11.8. The lowest BCUT2D eigenvalue weighted by Gasteiger charge is -2.09. The van der Waals surface area contributed by atoms with E-state index in [1.54, 1.807) is 24.3 Å². The largest absolute Gasteiger partial charge is 0.493 e. The maximum Gasteiger partial charge on any atom is 0.330 e. The van der Waals surface area contributed by atoms with E-state index in [9.17, 15) is 14.0 Å². The van der Waals surface area contributed by atoms with E-state index in [0.717, 1.165) is 6.07 Å². The van der Waals surface area contributed by atoms with E-state index in [-0.39, 0.29) is 17.9 Å². The fourth-order valence-electron chi connectivity index (χ4n) is 1.75. The fourth-order valence-corrected chi connectivity index (χ4v) is 1.75. The number of ether oxygens (including phenoxy) is 2. The monoisotopic (exact) mass is 303 g/mol. The average molecular weight is 303 g/mol. The van der Waals surface area contributed by atoms with Crippen molar-refractivity contribution >= 4 is 11.9 Å². The second-order valence-corrected chi connectivity index (χ2v) is 4.32. The second kappa shape index (κ2) is 7.21. The zero-order valence-corrected chi connectivity index (χ0v) is 11.8. The van der Waals surface area contributed by atoms with Crippen LogP contribution in [0.5, 0.6) is 11.5 Å². The highest BCUT2D eigenvalue weighted by atomic mass is 19.1. The first-order valence-corrected chi connectivity index (χ1v) is 6.47. The van der Waals surface area contributed by atoms with Gasteiger partial charge in [0.1, 0.15) is 12.4 Å². The molecule has 22 heavy (non-hydrogen) atoms. The van der Waals surface area contributed by atoms with Crippen molar-refractivity contribution in [2.45, 2.75) is 0 Å². The van der Waals surface area contributed by atoms with Crippen LogP contribution < -0.4 is 14.8 Å². The van der Waals surface area contributed by atoms with Crippen LogP contribution in [0.2, 0.25) is 0 Å². The van der Waals surface area contributed by atoms with Crippen LogP contribution in [0.3, 0.4) is 0 Å². The van der Waals surface area contributed by atoms with Gasteiger partial charge in [-0.15, -0.1) is 0 Å². The molecular formula is C16H14FNO4. The summed E-state index contributed by atoms with van der Waals surface area (Å²) in [6.45, 7) is -0.340. The van der Waals surface area contributed by atoms with Crippen molar-refractivity contribution in [2.75, 3.05) is 13.7 Å². The minimum atomic E-state index is -0.658. The number of rotatable bonds is 5. The first-order valence-electron chi connectivity index (χ1n) is 6.47. The summed E-state index contributed by atoms with van der Waals surface area (Å²) in [4.78, 5) is 23.5. The summed E-state index contributed by atoms with van der Waals surface area (Å²) < 4.78 is 23.2. The van der Waals surface area contributed by atoms with E-state index in [0.29, 0.717) is 5.75 Å². The van der Waals surface area contributed by atoms with Crippen molar-refractivity contribution in [3.8, 4) is 11.5 Å². The standard InChI is InChI=1S/C16H14FNO4/c1-21-13-7-2-3-8-14(13)22-15(19)10-18-16(20)11-5-4-6-12(17)9-11/h2-9H,10H2,1H3,(H,18,20). The molecule has 0 heterocycles. The van der Waals surface area contributed by atoms with Crippen molar-refractivity contribution in [1.82, 2.24) is 5.32 Å². The van der Waals surface area contributed by atoms with Gasteiger partial charge < -0.3 is 14.8 Å². The molecular weight excluding hydrogens is 289 g/mol. The smallest absolute Gasteiger partial charge is 0.330 e. The highest BCUT2D eigenvalue weighted by Gasteiger charge is 2.12. The Morgan fingerprint density at radius 2 is 1.82 bits per heavy atom. The summed E-state index contributed by atoms with van der Waals surface area (Å²) in [5.41, 5.74) is 0.130. The summed E-state index contributed by atoms with van der Waals surface area (Å²) in [6, 6.07) is 11.8. The third kappa shape index (κ3) is 4.05. The van der Waals surface area contributed by atoms with Crippen LogP contribution in [0, 0.1) is 5.82 Å². The third-order valence-electron chi connectivity index (χ3n) is 2.77. The minimum absolute atomic E-state index is 0.130. The SMILES string of the molecule is COc1ccccc1OC(=O)CNC(=O)c1cccc(F)c1. The molecule has 5 nitrogen and oxygen atoms in total. The number of halogens is 1. The van der Waals surface area contributed by atoms with Crippen molar-refractivity contribution in [3.63, 3.8) is 0 Å². The van der Waals surface area contributed by atoms with E-state index >= 15 is 0 Å². The van der Waals surface area contributed by atoms with Gasteiger partial charge in [0.05, 0.1) is 7.11 Å². The Hall–Kier alpha value is -2.89. The predicted molar refractivity (Wildman–Crippen MR) is 77.4 cm³/mol. The van der Waals surface area contributed by atoms with Gasteiger partial charge in [-0.25, -0.2) is 9.18 Å². The number of para-hydroxylation sites is 2. The van der Waals surface area contributed by atoms with Gasteiger partial charge in [-0.1, -0.05) is 18.2 Å². The molecule has 0 radical (unpaired) electrons. The highest BCUT2D eigenvalue weighted by molar-refractivity contribution is 5.96. The number of amides is 1. The Morgan fingerprint density at radius 1 is 1.09 bits per heavy atom. The number of benzene rings is 2. The lowest BCUT2D eigenvalue weighted by molar-refractivity contribution is -0.133. The molecule has 0 aliphatic heterocycles. The molecule has 2 rings (SSSR count). The van der Waals surface area contributed by atoms with Crippen molar-refractivity contribution < 1.29 is 23.5 Å². The van der Waals surface area contributed by atoms with Gasteiger partial charge >= 0.3 is 5.97 Å². The average Bonchev–Trinajstić information content (AvgIpc) is 2.53. The molecule has 0 aliphatic carbocycles. The van der Waals surface area contributed by atoms with E-state index in [1.807, 2.05) is 0 Å². The summed E-state index contributed by atoms with van der Waals surface area (Å²) in [5, 5.41) is 2.36. The molecule has 0 aliphatic rings. The van der Waals surface area contributed by atoms with Crippen LogP contribution in [0.15, 0.2) is 48.5 Å². The van der Waals surface area contributed by atoms with Gasteiger partial charge in [-0.3, -0.25) is 4.79 Å².